The van der Waals surface area contributed by atoms with Gasteiger partial charge in [0.25, 0.3) is 11.1 Å². The molecule has 0 saturated carbocycles. The first-order valence-corrected chi connectivity index (χ1v) is 11.3. The van der Waals surface area contributed by atoms with E-state index in [1.54, 1.807) is 48.5 Å². The fourth-order valence-corrected chi connectivity index (χ4v) is 4.05. The number of nitrogens with zero attached hydrogens (tertiary/aromatic N) is 1. The van der Waals surface area contributed by atoms with Crippen molar-refractivity contribution in [3.63, 3.8) is 0 Å². The molecule has 3 amide bonds. The van der Waals surface area contributed by atoms with Crippen molar-refractivity contribution in [3.05, 3.63) is 76.4 Å². The van der Waals surface area contributed by atoms with Gasteiger partial charge in [-0.3, -0.25) is 19.3 Å². The van der Waals surface area contributed by atoms with E-state index in [0.717, 1.165) is 22.2 Å². The summed E-state index contributed by atoms with van der Waals surface area (Å²) in [4.78, 5) is 38.5. The number of carbonyl (C=O) groups excluding carboxylic acids is 3. The van der Waals surface area contributed by atoms with E-state index in [0.29, 0.717) is 34.6 Å². The zero-order valence-corrected chi connectivity index (χ0v) is 19.1. The minimum atomic E-state index is -0.545. The van der Waals surface area contributed by atoms with Crippen LogP contribution in [0.5, 0.6) is 5.75 Å². The minimum Gasteiger partial charge on any atom is -0.494 e. The molecule has 0 unspecified atom stereocenters. The number of furan rings is 1. The van der Waals surface area contributed by atoms with Crippen LogP contribution in [0.4, 0.5) is 10.5 Å². The Morgan fingerprint density at radius 3 is 2.52 bits per heavy atom. The summed E-state index contributed by atoms with van der Waals surface area (Å²) in [6.07, 6.45) is 1.49. The Balaban J connectivity index is 1.40. The van der Waals surface area contributed by atoms with Crippen molar-refractivity contribution in [1.29, 1.82) is 0 Å². The van der Waals surface area contributed by atoms with Gasteiger partial charge in [-0.15, -0.1) is 0 Å². The van der Waals surface area contributed by atoms with Crippen LogP contribution in [0, 0.1) is 0 Å². The average Bonchev–Trinajstić information content (AvgIpc) is 3.36. The van der Waals surface area contributed by atoms with E-state index in [2.05, 4.69) is 5.32 Å². The highest BCUT2D eigenvalue weighted by Crippen LogP contribution is 2.33. The van der Waals surface area contributed by atoms with Crippen LogP contribution >= 0.6 is 23.4 Å². The van der Waals surface area contributed by atoms with E-state index in [1.165, 1.54) is 6.08 Å². The lowest BCUT2D eigenvalue weighted by molar-refractivity contribution is -0.127. The number of rotatable bonds is 7. The Morgan fingerprint density at radius 2 is 1.82 bits per heavy atom. The third-order valence-electron chi connectivity index (χ3n) is 4.65. The van der Waals surface area contributed by atoms with E-state index >= 15 is 0 Å². The molecule has 0 spiro atoms. The molecule has 0 radical (unpaired) electrons. The van der Waals surface area contributed by atoms with E-state index in [9.17, 15) is 14.4 Å². The molecule has 1 aliphatic rings. The molecule has 1 fully saturated rings. The lowest BCUT2D eigenvalue weighted by Gasteiger charge is -2.12. The van der Waals surface area contributed by atoms with Crippen LogP contribution < -0.4 is 10.1 Å². The second-order valence-electron chi connectivity index (χ2n) is 6.98. The lowest BCUT2D eigenvalue weighted by atomic mass is 10.2. The smallest absolute Gasteiger partial charge is 0.294 e. The van der Waals surface area contributed by atoms with Crippen molar-refractivity contribution in [3.8, 4) is 17.1 Å². The van der Waals surface area contributed by atoms with Crippen LogP contribution in [-0.2, 0) is 9.59 Å². The highest BCUT2D eigenvalue weighted by molar-refractivity contribution is 8.18. The predicted molar refractivity (Wildman–Crippen MR) is 128 cm³/mol. The highest BCUT2D eigenvalue weighted by atomic mass is 35.5. The maximum absolute atomic E-state index is 12.7. The number of imide groups is 1. The normalized spacial score (nSPS) is 14.7. The van der Waals surface area contributed by atoms with Gasteiger partial charge < -0.3 is 14.5 Å². The van der Waals surface area contributed by atoms with Gasteiger partial charge in [0.2, 0.25) is 5.91 Å². The number of ether oxygens (including phenoxy) is 1. The first kappa shape index (κ1) is 22.7. The fraction of sp³-hybridized carbons (Fsp3) is 0.125. The SMILES string of the molecule is CCOc1ccc(NC(=O)CN2C(=O)S/C(=C/c3ccc(-c4ccc(Cl)cc4)o3)C2=O)cc1. The van der Waals surface area contributed by atoms with Gasteiger partial charge in [-0.1, -0.05) is 11.6 Å². The molecule has 3 aromatic rings. The van der Waals surface area contributed by atoms with Crippen molar-refractivity contribution in [2.45, 2.75) is 6.92 Å². The maximum Gasteiger partial charge on any atom is 0.294 e. The number of halogens is 1. The third-order valence-corrected chi connectivity index (χ3v) is 5.81. The number of carbonyl (C=O) groups is 3. The Morgan fingerprint density at radius 1 is 1.09 bits per heavy atom. The molecular weight excluding hydrogens is 464 g/mol. The van der Waals surface area contributed by atoms with Crippen LogP contribution in [0.15, 0.2) is 70.0 Å². The quantitative estimate of drug-likeness (QED) is 0.436. The minimum absolute atomic E-state index is 0.186. The number of hydrogen-bond donors (Lipinski definition) is 1. The number of amides is 3. The summed E-state index contributed by atoms with van der Waals surface area (Å²) >= 11 is 6.67. The summed E-state index contributed by atoms with van der Waals surface area (Å²) in [5.74, 6) is 0.682. The number of nitrogens with one attached hydrogen (secondary N) is 1. The molecule has 1 aromatic heterocycles. The van der Waals surface area contributed by atoms with Crippen molar-refractivity contribution < 1.29 is 23.5 Å². The van der Waals surface area contributed by atoms with E-state index < -0.39 is 17.1 Å². The Labute approximate surface area is 199 Å². The second-order valence-corrected chi connectivity index (χ2v) is 8.41. The molecule has 168 valence electrons. The highest BCUT2D eigenvalue weighted by Gasteiger charge is 2.36. The summed E-state index contributed by atoms with van der Waals surface area (Å²) in [5, 5.41) is 2.77. The van der Waals surface area contributed by atoms with Crippen molar-refractivity contribution in [2.75, 3.05) is 18.5 Å². The molecule has 1 saturated heterocycles. The lowest BCUT2D eigenvalue weighted by Crippen LogP contribution is -2.36. The predicted octanol–water partition coefficient (Wildman–Crippen LogP) is 5.67. The standard InChI is InChI=1S/C24H19ClN2O5S/c1-2-31-18-9-7-17(8-10-18)26-22(28)14-27-23(29)21(33-24(27)30)13-19-11-12-20(32-19)15-3-5-16(25)6-4-15/h3-13H,2,14H2,1H3,(H,26,28)/b21-13+. The van der Waals surface area contributed by atoms with Crippen LogP contribution in [0.2, 0.25) is 5.02 Å². The Hall–Kier alpha value is -3.49. The molecule has 1 N–H and O–H groups in total. The molecule has 0 bridgehead atoms. The van der Waals surface area contributed by atoms with Crippen molar-refractivity contribution in [2.24, 2.45) is 0 Å². The van der Waals surface area contributed by atoms with Gasteiger partial charge in [-0.05, 0) is 79.3 Å². The second kappa shape index (κ2) is 9.97. The average molecular weight is 483 g/mol. The zero-order valence-electron chi connectivity index (χ0n) is 17.5. The van der Waals surface area contributed by atoms with Gasteiger partial charge in [0, 0.05) is 22.3 Å². The van der Waals surface area contributed by atoms with Crippen LogP contribution in [-0.4, -0.2) is 35.1 Å². The Kier molecular flexibility index (Phi) is 6.86. The number of anilines is 1. The monoisotopic (exact) mass is 482 g/mol. The number of thioether (sulfide) groups is 1. The number of hydrogen-bond acceptors (Lipinski definition) is 6. The third kappa shape index (κ3) is 5.47. The first-order chi connectivity index (χ1) is 15.9. The largest absolute Gasteiger partial charge is 0.494 e. The van der Waals surface area contributed by atoms with Crippen molar-refractivity contribution >= 4 is 52.2 Å². The van der Waals surface area contributed by atoms with E-state index in [4.69, 9.17) is 20.8 Å². The molecule has 0 aliphatic carbocycles. The van der Waals surface area contributed by atoms with Gasteiger partial charge in [-0.25, -0.2) is 0 Å². The van der Waals surface area contributed by atoms with Crippen LogP contribution in [0.3, 0.4) is 0 Å². The summed E-state index contributed by atoms with van der Waals surface area (Å²) < 4.78 is 11.1. The molecule has 9 heteroatoms. The van der Waals surface area contributed by atoms with Crippen LogP contribution in [0.1, 0.15) is 12.7 Å². The van der Waals surface area contributed by atoms with Gasteiger partial charge in [-0.2, -0.15) is 0 Å². The summed E-state index contributed by atoms with van der Waals surface area (Å²) in [5.41, 5.74) is 1.37. The molecular formula is C24H19ClN2O5S. The Bertz CT molecular complexity index is 1220. The molecule has 33 heavy (non-hydrogen) atoms. The van der Waals surface area contributed by atoms with Gasteiger partial charge in [0.1, 0.15) is 23.8 Å². The molecule has 2 aromatic carbocycles. The van der Waals surface area contributed by atoms with Crippen LogP contribution in [0.25, 0.3) is 17.4 Å². The van der Waals surface area contributed by atoms with Gasteiger partial charge in [0.05, 0.1) is 11.5 Å². The van der Waals surface area contributed by atoms with Gasteiger partial charge >= 0.3 is 0 Å². The summed E-state index contributed by atoms with van der Waals surface area (Å²) in [6, 6.07) is 17.4. The van der Waals surface area contributed by atoms with E-state index in [-0.39, 0.29) is 11.4 Å². The summed E-state index contributed by atoms with van der Waals surface area (Å²) in [7, 11) is 0. The molecule has 0 atom stereocenters. The van der Waals surface area contributed by atoms with Crippen molar-refractivity contribution in [1.82, 2.24) is 4.90 Å². The summed E-state index contributed by atoms with van der Waals surface area (Å²) in [6.45, 7) is 2.03. The molecule has 4 rings (SSSR count). The molecule has 2 heterocycles. The van der Waals surface area contributed by atoms with E-state index in [1.807, 2.05) is 19.1 Å². The maximum atomic E-state index is 12.7. The fourth-order valence-electron chi connectivity index (χ4n) is 3.11. The molecule has 1 aliphatic heterocycles. The van der Waals surface area contributed by atoms with Gasteiger partial charge in [0.15, 0.2) is 0 Å². The zero-order chi connectivity index (χ0) is 23.4. The molecule has 7 nitrogen and oxygen atoms in total. The topological polar surface area (TPSA) is 88.8 Å². The first-order valence-electron chi connectivity index (χ1n) is 10.1. The number of benzene rings is 2.